The van der Waals surface area contributed by atoms with Crippen LogP contribution >= 0.6 is 15.9 Å². The molecule has 1 fully saturated rings. The number of halogens is 1. The predicted octanol–water partition coefficient (Wildman–Crippen LogP) is 3.99. The molecule has 2 N–H and O–H groups in total. The highest BCUT2D eigenvalue weighted by Crippen LogP contribution is 2.29. The molecule has 0 radical (unpaired) electrons. The van der Waals surface area contributed by atoms with Crippen molar-refractivity contribution in [1.82, 2.24) is 5.32 Å². The fourth-order valence-corrected chi connectivity index (χ4v) is 3.09. The van der Waals surface area contributed by atoms with Crippen molar-refractivity contribution in [2.24, 2.45) is 11.8 Å². The van der Waals surface area contributed by atoms with E-state index in [4.69, 9.17) is 5.11 Å². The maximum atomic E-state index is 10.9. The molecule has 1 atom stereocenters. The van der Waals surface area contributed by atoms with Gasteiger partial charge in [0.2, 0.25) is 0 Å². The van der Waals surface area contributed by atoms with Crippen LogP contribution in [0.4, 0.5) is 0 Å². The van der Waals surface area contributed by atoms with Crippen LogP contribution in [-0.4, -0.2) is 17.6 Å². The van der Waals surface area contributed by atoms with Gasteiger partial charge in [-0.3, -0.25) is 4.79 Å². The lowest BCUT2D eigenvalue weighted by Crippen LogP contribution is -2.30. The van der Waals surface area contributed by atoms with E-state index in [0.717, 1.165) is 36.7 Å². The van der Waals surface area contributed by atoms with E-state index in [9.17, 15) is 4.79 Å². The molecule has 20 heavy (non-hydrogen) atoms. The van der Waals surface area contributed by atoms with E-state index >= 15 is 0 Å². The van der Waals surface area contributed by atoms with Gasteiger partial charge in [-0.1, -0.05) is 28.1 Å². The van der Waals surface area contributed by atoms with Crippen LogP contribution in [0.1, 0.15) is 44.2 Å². The van der Waals surface area contributed by atoms with Crippen molar-refractivity contribution in [2.75, 3.05) is 6.54 Å². The Balaban J connectivity index is 1.75. The summed E-state index contributed by atoms with van der Waals surface area (Å²) in [5.41, 5.74) is 1.28. The lowest BCUT2D eigenvalue weighted by atomic mass is 9.82. The van der Waals surface area contributed by atoms with E-state index < -0.39 is 5.97 Å². The van der Waals surface area contributed by atoms with Crippen molar-refractivity contribution in [3.63, 3.8) is 0 Å². The van der Waals surface area contributed by atoms with Crippen LogP contribution in [0.15, 0.2) is 28.7 Å². The minimum atomic E-state index is -0.625. The Morgan fingerprint density at radius 3 is 2.45 bits per heavy atom. The van der Waals surface area contributed by atoms with E-state index in [-0.39, 0.29) is 5.92 Å². The fraction of sp³-hybridized carbons (Fsp3) is 0.562. The zero-order chi connectivity index (χ0) is 14.5. The molecule has 0 aliphatic heterocycles. The van der Waals surface area contributed by atoms with Crippen LogP contribution in [0.2, 0.25) is 0 Å². The van der Waals surface area contributed by atoms with Gasteiger partial charge in [0.1, 0.15) is 0 Å². The van der Waals surface area contributed by atoms with Crippen LogP contribution in [0.3, 0.4) is 0 Å². The molecule has 1 unspecified atom stereocenters. The maximum absolute atomic E-state index is 10.9. The zero-order valence-electron chi connectivity index (χ0n) is 11.8. The van der Waals surface area contributed by atoms with Gasteiger partial charge in [0.05, 0.1) is 5.92 Å². The quantitative estimate of drug-likeness (QED) is 0.852. The van der Waals surface area contributed by atoms with Gasteiger partial charge in [-0.2, -0.15) is 0 Å². The van der Waals surface area contributed by atoms with Crippen LogP contribution < -0.4 is 5.32 Å². The Morgan fingerprint density at radius 2 is 1.90 bits per heavy atom. The summed E-state index contributed by atoms with van der Waals surface area (Å²) < 4.78 is 1.10. The summed E-state index contributed by atoms with van der Waals surface area (Å²) in [5, 5.41) is 12.6. The van der Waals surface area contributed by atoms with Crippen LogP contribution in [-0.2, 0) is 4.79 Å². The van der Waals surface area contributed by atoms with Gasteiger partial charge in [0.15, 0.2) is 0 Å². The van der Waals surface area contributed by atoms with E-state index in [1.807, 2.05) is 0 Å². The molecule has 0 aromatic heterocycles. The first-order chi connectivity index (χ1) is 9.56. The monoisotopic (exact) mass is 339 g/mol. The number of rotatable bonds is 5. The molecular formula is C16H22BrNO2. The molecule has 0 saturated heterocycles. The number of benzene rings is 1. The fourth-order valence-electron chi connectivity index (χ4n) is 2.83. The number of aliphatic carboxylic acids is 1. The van der Waals surface area contributed by atoms with Gasteiger partial charge < -0.3 is 10.4 Å². The molecule has 1 aliphatic carbocycles. The smallest absolute Gasteiger partial charge is 0.306 e. The molecule has 4 heteroatoms. The second-order valence-electron chi connectivity index (χ2n) is 5.74. The van der Waals surface area contributed by atoms with Crippen molar-refractivity contribution in [3.8, 4) is 0 Å². The molecule has 2 rings (SSSR count). The highest BCUT2D eigenvalue weighted by atomic mass is 79.9. The average molecular weight is 340 g/mol. The first-order valence-corrected chi connectivity index (χ1v) is 8.07. The molecule has 110 valence electrons. The number of hydrogen-bond donors (Lipinski definition) is 2. The van der Waals surface area contributed by atoms with Crippen molar-refractivity contribution < 1.29 is 9.90 Å². The second-order valence-corrected chi connectivity index (χ2v) is 6.65. The van der Waals surface area contributed by atoms with Gasteiger partial charge in [0.25, 0.3) is 0 Å². The third-order valence-corrected chi connectivity index (χ3v) is 4.81. The van der Waals surface area contributed by atoms with Crippen LogP contribution in [0, 0.1) is 11.8 Å². The van der Waals surface area contributed by atoms with Gasteiger partial charge >= 0.3 is 5.97 Å². The lowest BCUT2D eigenvalue weighted by molar-refractivity contribution is -0.143. The third kappa shape index (κ3) is 4.32. The van der Waals surface area contributed by atoms with Crippen LogP contribution in [0.25, 0.3) is 0 Å². The van der Waals surface area contributed by atoms with Crippen LogP contribution in [0.5, 0.6) is 0 Å². The van der Waals surface area contributed by atoms with Crippen molar-refractivity contribution in [3.05, 3.63) is 34.3 Å². The van der Waals surface area contributed by atoms with Crippen molar-refractivity contribution in [1.29, 1.82) is 0 Å². The normalized spacial score (nSPS) is 24.3. The highest BCUT2D eigenvalue weighted by Gasteiger charge is 2.25. The number of carboxylic acid groups (broad SMARTS) is 1. The second kappa shape index (κ2) is 7.23. The number of carbonyl (C=O) groups is 1. The van der Waals surface area contributed by atoms with Gasteiger partial charge in [0, 0.05) is 10.5 Å². The predicted molar refractivity (Wildman–Crippen MR) is 83.6 cm³/mol. The largest absolute Gasteiger partial charge is 0.481 e. The number of carboxylic acids is 1. The number of hydrogen-bond acceptors (Lipinski definition) is 2. The first-order valence-electron chi connectivity index (χ1n) is 7.28. The topological polar surface area (TPSA) is 49.3 Å². The van der Waals surface area contributed by atoms with E-state index in [1.54, 1.807) is 0 Å². The molecule has 3 nitrogen and oxygen atoms in total. The first kappa shape index (κ1) is 15.5. The van der Waals surface area contributed by atoms with Gasteiger partial charge in [-0.25, -0.2) is 0 Å². The summed E-state index contributed by atoms with van der Waals surface area (Å²) in [4.78, 5) is 10.9. The zero-order valence-corrected chi connectivity index (χ0v) is 13.4. The summed E-state index contributed by atoms with van der Waals surface area (Å²) in [6, 6.07) is 8.71. The maximum Gasteiger partial charge on any atom is 0.306 e. The van der Waals surface area contributed by atoms with E-state index in [1.165, 1.54) is 5.56 Å². The molecule has 1 aromatic carbocycles. The van der Waals surface area contributed by atoms with E-state index in [2.05, 4.69) is 52.4 Å². The molecule has 0 spiro atoms. The summed E-state index contributed by atoms with van der Waals surface area (Å²) in [6.45, 7) is 3.15. The molecule has 1 aliphatic rings. The Morgan fingerprint density at radius 1 is 1.30 bits per heavy atom. The summed E-state index contributed by atoms with van der Waals surface area (Å²) in [7, 11) is 0. The van der Waals surface area contributed by atoms with Crippen molar-refractivity contribution >= 4 is 21.9 Å². The SMILES string of the molecule is CC(NCC1CCC(C(=O)O)CC1)c1ccc(Br)cc1. The molecule has 0 heterocycles. The van der Waals surface area contributed by atoms with Gasteiger partial charge in [-0.15, -0.1) is 0 Å². The van der Waals surface area contributed by atoms with Crippen molar-refractivity contribution in [2.45, 2.75) is 38.6 Å². The molecule has 1 aromatic rings. The summed E-state index contributed by atoms with van der Waals surface area (Å²) in [6.07, 6.45) is 3.71. The summed E-state index contributed by atoms with van der Waals surface area (Å²) in [5.74, 6) is -0.127. The Kier molecular flexibility index (Phi) is 5.61. The molecule has 0 bridgehead atoms. The molecule has 1 saturated carbocycles. The lowest BCUT2D eigenvalue weighted by Gasteiger charge is -2.27. The van der Waals surface area contributed by atoms with Gasteiger partial charge in [-0.05, 0) is 62.8 Å². The Labute approximate surface area is 128 Å². The third-order valence-electron chi connectivity index (χ3n) is 4.28. The molecular weight excluding hydrogens is 318 g/mol. The summed E-state index contributed by atoms with van der Waals surface area (Å²) >= 11 is 3.45. The minimum Gasteiger partial charge on any atom is -0.481 e. The minimum absolute atomic E-state index is 0.116. The van der Waals surface area contributed by atoms with E-state index in [0.29, 0.717) is 12.0 Å². The Hall–Kier alpha value is -0.870. The highest BCUT2D eigenvalue weighted by molar-refractivity contribution is 9.10. The average Bonchev–Trinajstić information content (AvgIpc) is 2.46. The molecule has 0 amide bonds. The number of nitrogens with one attached hydrogen (secondary N) is 1. The Bertz CT molecular complexity index is 438. The standard InChI is InChI=1S/C16H22BrNO2/c1-11(13-6-8-15(17)9-7-13)18-10-12-2-4-14(5-3-12)16(19)20/h6-9,11-12,14,18H,2-5,10H2,1H3,(H,19,20).